The fraction of sp³-hybridized carbons (Fsp3) is 0.438. The van der Waals surface area contributed by atoms with Crippen molar-refractivity contribution in [1.82, 2.24) is 34.9 Å². The largest absolute Gasteiger partial charge is 0.343 e. The molecule has 0 unspecified atom stereocenters. The highest BCUT2D eigenvalue weighted by Crippen LogP contribution is 2.26. The predicted molar refractivity (Wildman–Crippen MR) is 89.7 cm³/mol. The van der Waals surface area contributed by atoms with E-state index in [0.717, 1.165) is 31.3 Å². The van der Waals surface area contributed by atoms with Crippen molar-refractivity contribution < 1.29 is 4.79 Å². The summed E-state index contributed by atoms with van der Waals surface area (Å²) in [6, 6.07) is 6.20. The first kappa shape index (κ1) is 15.7. The molecule has 1 aliphatic rings. The summed E-state index contributed by atoms with van der Waals surface area (Å²) in [6.45, 7) is 0.273. The van der Waals surface area contributed by atoms with Crippen LogP contribution in [0.2, 0.25) is 0 Å². The van der Waals surface area contributed by atoms with E-state index in [1.165, 1.54) is 0 Å². The van der Waals surface area contributed by atoms with E-state index in [4.69, 9.17) is 5.73 Å². The minimum Gasteiger partial charge on any atom is -0.343 e. The summed E-state index contributed by atoms with van der Waals surface area (Å²) < 4.78 is 3.62. The molecule has 3 N–H and O–H groups in total. The van der Waals surface area contributed by atoms with Crippen LogP contribution in [0.4, 0.5) is 0 Å². The van der Waals surface area contributed by atoms with Gasteiger partial charge in [-0.25, -0.2) is 4.68 Å². The van der Waals surface area contributed by atoms with Crippen LogP contribution in [0.3, 0.4) is 0 Å². The van der Waals surface area contributed by atoms with E-state index in [2.05, 4.69) is 25.8 Å². The molecule has 3 aromatic rings. The van der Waals surface area contributed by atoms with E-state index in [1.54, 1.807) is 10.9 Å². The lowest BCUT2D eigenvalue weighted by molar-refractivity contribution is 0.0944. The molecular weight excluding hydrogens is 320 g/mol. The number of aromatic nitrogens is 6. The Morgan fingerprint density at radius 1 is 1.20 bits per heavy atom. The third-order valence-corrected chi connectivity index (χ3v) is 4.65. The second kappa shape index (κ2) is 6.60. The number of pyridine rings is 1. The van der Waals surface area contributed by atoms with Crippen LogP contribution in [0, 0.1) is 0 Å². The van der Waals surface area contributed by atoms with E-state index < -0.39 is 0 Å². The van der Waals surface area contributed by atoms with Gasteiger partial charge in [-0.2, -0.15) is 0 Å². The Labute approximate surface area is 144 Å². The van der Waals surface area contributed by atoms with Gasteiger partial charge in [0.1, 0.15) is 0 Å². The minimum absolute atomic E-state index is 0.272. The Kier molecular flexibility index (Phi) is 4.14. The predicted octanol–water partition coefficient (Wildman–Crippen LogP) is 0.693. The zero-order valence-corrected chi connectivity index (χ0v) is 13.7. The third kappa shape index (κ3) is 3.22. The van der Waals surface area contributed by atoms with Crippen molar-refractivity contribution in [2.45, 2.75) is 44.3 Å². The Balaban J connectivity index is 1.40. The number of hydrogen-bond acceptors (Lipinski definition) is 6. The molecule has 3 heterocycles. The van der Waals surface area contributed by atoms with Gasteiger partial charge in [-0.1, -0.05) is 11.3 Å². The van der Waals surface area contributed by atoms with Crippen LogP contribution in [0.1, 0.15) is 48.0 Å². The summed E-state index contributed by atoms with van der Waals surface area (Å²) in [5, 5.41) is 19.1. The molecule has 4 rings (SSSR count). The summed E-state index contributed by atoms with van der Waals surface area (Å²) >= 11 is 0. The lowest BCUT2D eigenvalue weighted by atomic mass is 9.92. The molecule has 3 aromatic heterocycles. The molecule has 9 heteroatoms. The maximum absolute atomic E-state index is 12.3. The van der Waals surface area contributed by atoms with Gasteiger partial charge in [0.2, 0.25) is 0 Å². The molecule has 1 aliphatic carbocycles. The number of carbonyl (C=O) groups is 1. The third-order valence-electron chi connectivity index (χ3n) is 4.65. The van der Waals surface area contributed by atoms with Gasteiger partial charge in [0.05, 0.1) is 18.8 Å². The number of nitrogens with two attached hydrogens (primary N) is 1. The molecule has 0 radical (unpaired) electrons. The lowest BCUT2D eigenvalue weighted by Crippen LogP contribution is -2.28. The molecule has 9 nitrogen and oxygen atoms in total. The highest BCUT2D eigenvalue weighted by molar-refractivity contribution is 5.91. The molecular formula is C16H20N8O. The van der Waals surface area contributed by atoms with E-state index in [9.17, 15) is 4.79 Å². The second-order valence-electron chi connectivity index (χ2n) is 6.38. The number of rotatable bonds is 4. The highest BCUT2D eigenvalue weighted by atomic mass is 16.2. The minimum atomic E-state index is -0.272. The van der Waals surface area contributed by atoms with Crippen molar-refractivity contribution in [3.63, 3.8) is 0 Å². The first-order chi connectivity index (χ1) is 12.2. The van der Waals surface area contributed by atoms with E-state index >= 15 is 0 Å². The molecule has 1 fully saturated rings. The van der Waals surface area contributed by atoms with Crippen LogP contribution in [0.5, 0.6) is 0 Å². The molecule has 25 heavy (non-hydrogen) atoms. The average molecular weight is 340 g/mol. The van der Waals surface area contributed by atoms with Gasteiger partial charge in [-0.15, -0.1) is 15.3 Å². The molecule has 0 spiro atoms. The van der Waals surface area contributed by atoms with Crippen LogP contribution >= 0.6 is 0 Å². The molecule has 0 aromatic carbocycles. The standard InChI is InChI=1S/C16H20N8O/c17-11-4-6-12(7-5-11)24-10-13(19-22-24)16(25)18-9-15-21-20-14-3-1-2-8-23(14)15/h1-3,8,10-12H,4-7,9,17H2,(H,18,25). The number of nitrogens with one attached hydrogen (secondary N) is 1. The summed E-state index contributed by atoms with van der Waals surface area (Å²) in [5.41, 5.74) is 6.98. The molecule has 0 saturated heterocycles. The Morgan fingerprint density at radius 2 is 2.04 bits per heavy atom. The highest BCUT2D eigenvalue weighted by Gasteiger charge is 2.22. The number of hydrogen-bond donors (Lipinski definition) is 2. The SMILES string of the molecule is NC1CCC(n2cc(C(=O)NCc3nnc4ccccn34)nn2)CC1. The summed E-state index contributed by atoms with van der Waals surface area (Å²) in [4.78, 5) is 12.3. The van der Waals surface area contributed by atoms with Crippen molar-refractivity contribution >= 4 is 11.6 Å². The van der Waals surface area contributed by atoms with Gasteiger partial charge in [0.15, 0.2) is 17.2 Å². The zero-order chi connectivity index (χ0) is 17.2. The van der Waals surface area contributed by atoms with Crippen molar-refractivity contribution in [2.75, 3.05) is 0 Å². The van der Waals surface area contributed by atoms with Gasteiger partial charge >= 0.3 is 0 Å². The van der Waals surface area contributed by atoms with Crippen molar-refractivity contribution in [3.8, 4) is 0 Å². The molecule has 130 valence electrons. The van der Waals surface area contributed by atoms with Crippen LogP contribution in [0.25, 0.3) is 5.65 Å². The quantitative estimate of drug-likeness (QED) is 0.722. The molecule has 0 atom stereocenters. The maximum Gasteiger partial charge on any atom is 0.273 e. The number of nitrogens with zero attached hydrogens (tertiary/aromatic N) is 6. The molecule has 0 aliphatic heterocycles. The van der Waals surface area contributed by atoms with Crippen LogP contribution in [0.15, 0.2) is 30.6 Å². The van der Waals surface area contributed by atoms with Gasteiger partial charge in [0, 0.05) is 12.2 Å². The van der Waals surface area contributed by atoms with E-state index in [1.807, 2.05) is 28.8 Å². The first-order valence-corrected chi connectivity index (χ1v) is 8.45. The average Bonchev–Trinajstić information content (AvgIpc) is 3.28. The lowest BCUT2D eigenvalue weighted by Gasteiger charge is -2.25. The normalized spacial score (nSPS) is 20.7. The fourth-order valence-corrected chi connectivity index (χ4v) is 3.19. The van der Waals surface area contributed by atoms with Gasteiger partial charge < -0.3 is 11.1 Å². The second-order valence-corrected chi connectivity index (χ2v) is 6.38. The summed E-state index contributed by atoms with van der Waals surface area (Å²) in [6.07, 6.45) is 7.46. The van der Waals surface area contributed by atoms with Crippen molar-refractivity contribution in [2.24, 2.45) is 5.73 Å². The molecule has 0 bridgehead atoms. The smallest absolute Gasteiger partial charge is 0.273 e. The summed E-state index contributed by atoms with van der Waals surface area (Å²) in [5.74, 6) is 0.393. The number of fused-ring (bicyclic) bond motifs is 1. The molecule has 1 saturated carbocycles. The Hall–Kier alpha value is -2.81. The zero-order valence-electron chi connectivity index (χ0n) is 13.7. The van der Waals surface area contributed by atoms with Crippen molar-refractivity contribution in [3.05, 3.63) is 42.1 Å². The van der Waals surface area contributed by atoms with Crippen LogP contribution in [-0.2, 0) is 6.54 Å². The van der Waals surface area contributed by atoms with Gasteiger partial charge in [-0.05, 0) is 37.8 Å². The Bertz CT molecular complexity index is 877. The van der Waals surface area contributed by atoms with E-state index in [0.29, 0.717) is 11.5 Å². The Morgan fingerprint density at radius 3 is 2.88 bits per heavy atom. The van der Waals surface area contributed by atoms with Crippen LogP contribution in [-0.4, -0.2) is 41.5 Å². The van der Waals surface area contributed by atoms with Crippen molar-refractivity contribution in [1.29, 1.82) is 0 Å². The first-order valence-electron chi connectivity index (χ1n) is 8.45. The number of amides is 1. The fourth-order valence-electron chi connectivity index (χ4n) is 3.19. The maximum atomic E-state index is 12.3. The topological polar surface area (TPSA) is 116 Å². The van der Waals surface area contributed by atoms with Gasteiger partial charge in [0.25, 0.3) is 5.91 Å². The number of carbonyl (C=O) groups excluding carboxylic acids is 1. The van der Waals surface area contributed by atoms with E-state index in [-0.39, 0.29) is 24.5 Å². The molecule has 1 amide bonds. The monoisotopic (exact) mass is 340 g/mol. The summed E-state index contributed by atoms with van der Waals surface area (Å²) in [7, 11) is 0. The van der Waals surface area contributed by atoms with Gasteiger partial charge in [-0.3, -0.25) is 9.20 Å². The van der Waals surface area contributed by atoms with Crippen LogP contribution < -0.4 is 11.1 Å².